The van der Waals surface area contributed by atoms with E-state index in [1.165, 1.54) is 54.6 Å². The van der Waals surface area contributed by atoms with Crippen LogP contribution < -0.4 is 0 Å². The Kier molecular flexibility index (Phi) is 4.86. The number of carbonyl (C=O) groups is 2. The summed E-state index contributed by atoms with van der Waals surface area (Å²) < 4.78 is 28.2. The first-order valence-corrected chi connectivity index (χ1v) is 8.15. The van der Waals surface area contributed by atoms with Crippen LogP contribution in [-0.2, 0) is 0 Å². The van der Waals surface area contributed by atoms with Crippen molar-refractivity contribution in [2.24, 2.45) is 0 Å². The van der Waals surface area contributed by atoms with Crippen molar-refractivity contribution in [2.45, 2.75) is 0 Å². The molecule has 25 heavy (non-hydrogen) atoms. The van der Waals surface area contributed by atoms with Gasteiger partial charge in [-0.15, -0.1) is 0 Å². The van der Waals surface area contributed by atoms with E-state index in [9.17, 15) is 18.4 Å². The fourth-order valence-electron chi connectivity index (χ4n) is 2.45. The molecule has 3 rings (SSSR count). The molecule has 124 valence electrons. The second kappa shape index (κ2) is 7.07. The molecular formula is C20H11BrF2O2. The fraction of sp³-hybridized carbons (Fsp3) is 0. The predicted molar refractivity (Wildman–Crippen MR) is 93.8 cm³/mol. The molecule has 5 heteroatoms. The van der Waals surface area contributed by atoms with Crippen LogP contribution in [0.2, 0.25) is 0 Å². The lowest BCUT2D eigenvalue weighted by Gasteiger charge is -2.08. The lowest BCUT2D eigenvalue weighted by atomic mass is 9.97. The van der Waals surface area contributed by atoms with E-state index < -0.39 is 23.2 Å². The highest BCUT2D eigenvalue weighted by Gasteiger charge is 2.19. The van der Waals surface area contributed by atoms with Crippen LogP contribution in [0.3, 0.4) is 0 Å². The summed E-state index contributed by atoms with van der Waals surface area (Å²) in [6.07, 6.45) is 0. The van der Waals surface area contributed by atoms with E-state index in [1.807, 2.05) is 0 Å². The number of halogens is 3. The van der Waals surface area contributed by atoms with E-state index in [4.69, 9.17) is 0 Å². The van der Waals surface area contributed by atoms with Gasteiger partial charge in [0.05, 0.1) is 11.1 Å². The van der Waals surface area contributed by atoms with Crippen molar-refractivity contribution in [3.05, 3.63) is 105 Å². The third-order valence-corrected chi connectivity index (χ3v) is 4.12. The van der Waals surface area contributed by atoms with E-state index in [2.05, 4.69) is 15.9 Å². The molecule has 3 aromatic rings. The summed E-state index contributed by atoms with van der Waals surface area (Å²) in [5.41, 5.74) is 0.0908. The lowest BCUT2D eigenvalue weighted by molar-refractivity contribution is 0.103. The van der Waals surface area contributed by atoms with E-state index in [0.29, 0.717) is 4.47 Å². The van der Waals surface area contributed by atoms with E-state index in [1.54, 1.807) is 12.1 Å². The van der Waals surface area contributed by atoms with Crippen molar-refractivity contribution in [3.8, 4) is 0 Å². The first-order valence-electron chi connectivity index (χ1n) is 7.36. The second-order valence-electron chi connectivity index (χ2n) is 5.35. The Bertz CT molecular complexity index is 907. The molecule has 0 bridgehead atoms. The smallest absolute Gasteiger partial charge is 0.196 e. The Labute approximate surface area is 151 Å². The topological polar surface area (TPSA) is 34.1 Å². The van der Waals surface area contributed by atoms with E-state index in [-0.39, 0.29) is 22.3 Å². The molecule has 0 unspecified atom stereocenters. The largest absolute Gasteiger partial charge is 0.288 e. The monoisotopic (exact) mass is 400 g/mol. The number of rotatable bonds is 4. The Hall–Kier alpha value is -2.66. The van der Waals surface area contributed by atoms with Gasteiger partial charge in [-0.1, -0.05) is 40.2 Å². The molecule has 0 amide bonds. The number of hydrogen-bond donors (Lipinski definition) is 0. The Balaban J connectivity index is 2.05. The lowest BCUT2D eigenvalue weighted by Crippen LogP contribution is -2.08. The molecule has 0 saturated heterocycles. The van der Waals surface area contributed by atoms with Crippen LogP contribution in [0.1, 0.15) is 31.8 Å². The van der Waals surface area contributed by atoms with Gasteiger partial charge in [-0.25, -0.2) is 8.78 Å². The zero-order valence-corrected chi connectivity index (χ0v) is 14.4. The van der Waals surface area contributed by atoms with Crippen molar-refractivity contribution < 1.29 is 18.4 Å². The minimum atomic E-state index is -0.644. The van der Waals surface area contributed by atoms with Gasteiger partial charge in [-0.3, -0.25) is 9.59 Å². The van der Waals surface area contributed by atoms with Crippen molar-refractivity contribution in [1.29, 1.82) is 0 Å². The number of hydrogen-bond acceptors (Lipinski definition) is 2. The average Bonchev–Trinajstić information content (AvgIpc) is 2.61. The standard InChI is InChI=1S/C20H11BrF2O2/c21-14-10-12(19(24)15-5-1-3-7-17(15)22)9-13(11-14)20(25)16-6-2-4-8-18(16)23/h1-11H. The molecule has 0 fully saturated rings. The SMILES string of the molecule is O=C(c1cc(Br)cc(C(=O)c2ccccc2F)c1)c1ccccc1F. The van der Waals surface area contributed by atoms with Gasteiger partial charge in [0.2, 0.25) is 0 Å². The highest BCUT2D eigenvalue weighted by molar-refractivity contribution is 9.10. The molecule has 0 aliphatic heterocycles. The van der Waals surface area contributed by atoms with Crippen LogP contribution >= 0.6 is 15.9 Å². The van der Waals surface area contributed by atoms with Crippen molar-refractivity contribution in [3.63, 3.8) is 0 Å². The van der Waals surface area contributed by atoms with Gasteiger partial charge in [-0.05, 0) is 42.5 Å². The third kappa shape index (κ3) is 3.56. The summed E-state index contributed by atoms with van der Waals surface area (Å²) in [5.74, 6) is -2.40. The molecular weight excluding hydrogens is 390 g/mol. The van der Waals surface area contributed by atoms with Gasteiger partial charge in [-0.2, -0.15) is 0 Å². The molecule has 0 radical (unpaired) electrons. The molecule has 0 spiro atoms. The molecule has 0 N–H and O–H groups in total. The minimum Gasteiger partial charge on any atom is -0.288 e. The summed E-state index contributed by atoms with van der Waals surface area (Å²) in [5, 5.41) is 0. The van der Waals surface area contributed by atoms with Crippen molar-refractivity contribution >= 4 is 27.5 Å². The van der Waals surface area contributed by atoms with Crippen LogP contribution in [0, 0.1) is 11.6 Å². The van der Waals surface area contributed by atoms with Crippen LogP contribution in [0.4, 0.5) is 8.78 Å². The van der Waals surface area contributed by atoms with Crippen LogP contribution in [-0.4, -0.2) is 11.6 Å². The Morgan fingerprint density at radius 3 is 1.48 bits per heavy atom. The normalized spacial score (nSPS) is 10.5. The first-order chi connectivity index (χ1) is 12.0. The fourth-order valence-corrected chi connectivity index (χ4v) is 2.95. The Morgan fingerprint density at radius 2 is 1.08 bits per heavy atom. The molecule has 2 nitrogen and oxygen atoms in total. The van der Waals surface area contributed by atoms with Gasteiger partial charge in [0, 0.05) is 15.6 Å². The summed E-state index contributed by atoms with van der Waals surface area (Å²) in [6, 6.07) is 15.5. The first kappa shape index (κ1) is 17.2. The summed E-state index contributed by atoms with van der Waals surface area (Å²) >= 11 is 3.24. The Morgan fingerprint density at radius 1 is 0.680 bits per heavy atom. The zero-order chi connectivity index (χ0) is 18.0. The highest BCUT2D eigenvalue weighted by atomic mass is 79.9. The van der Waals surface area contributed by atoms with Crippen molar-refractivity contribution in [2.75, 3.05) is 0 Å². The van der Waals surface area contributed by atoms with E-state index >= 15 is 0 Å². The van der Waals surface area contributed by atoms with Gasteiger partial charge < -0.3 is 0 Å². The van der Waals surface area contributed by atoms with Gasteiger partial charge >= 0.3 is 0 Å². The molecule has 0 atom stereocenters. The maximum absolute atomic E-state index is 13.9. The maximum atomic E-state index is 13.9. The average molecular weight is 401 g/mol. The third-order valence-electron chi connectivity index (χ3n) is 3.66. The van der Waals surface area contributed by atoms with Gasteiger partial charge in [0.25, 0.3) is 0 Å². The predicted octanol–water partition coefficient (Wildman–Crippen LogP) is 5.19. The van der Waals surface area contributed by atoms with Crippen molar-refractivity contribution in [1.82, 2.24) is 0 Å². The molecule has 0 aliphatic rings. The van der Waals surface area contributed by atoms with E-state index in [0.717, 1.165) is 0 Å². The summed E-state index contributed by atoms with van der Waals surface area (Å²) in [4.78, 5) is 25.1. The van der Waals surface area contributed by atoms with Crippen LogP contribution in [0.25, 0.3) is 0 Å². The highest BCUT2D eigenvalue weighted by Crippen LogP contribution is 2.22. The molecule has 0 saturated carbocycles. The zero-order valence-electron chi connectivity index (χ0n) is 12.8. The minimum absolute atomic E-state index is 0.0927. The quantitative estimate of drug-likeness (QED) is 0.564. The number of carbonyl (C=O) groups excluding carboxylic acids is 2. The van der Waals surface area contributed by atoms with Gasteiger partial charge in [0.1, 0.15) is 11.6 Å². The molecule has 0 heterocycles. The maximum Gasteiger partial charge on any atom is 0.196 e. The molecule has 0 aromatic heterocycles. The second-order valence-corrected chi connectivity index (χ2v) is 6.26. The molecule has 3 aromatic carbocycles. The summed E-state index contributed by atoms with van der Waals surface area (Å²) in [6.45, 7) is 0. The summed E-state index contributed by atoms with van der Waals surface area (Å²) in [7, 11) is 0. The van der Waals surface area contributed by atoms with Crippen LogP contribution in [0.15, 0.2) is 71.2 Å². The molecule has 0 aliphatic carbocycles. The van der Waals surface area contributed by atoms with Gasteiger partial charge in [0.15, 0.2) is 11.6 Å². The van der Waals surface area contributed by atoms with Crippen LogP contribution in [0.5, 0.6) is 0 Å². The number of benzene rings is 3. The number of ketones is 2.